The van der Waals surface area contributed by atoms with Gasteiger partial charge in [0, 0.05) is 18.0 Å². The van der Waals surface area contributed by atoms with Crippen molar-refractivity contribution in [3.63, 3.8) is 0 Å². The van der Waals surface area contributed by atoms with Crippen molar-refractivity contribution < 1.29 is 4.74 Å². The zero-order valence-electron chi connectivity index (χ0n) is 9.16. The van der Waals surface area contributed by atoms with Gasteiger partial charge in [-0.2, -0.15) is 5.26 Å². The summed E-state index contributed by atoms with van der Waals surface area (Å²) in [6.07, 6.45) is 1.13. The number of hydrogen-bond donors (Lipinski definition) is 1. The Kier molecular flexibility index (Phi) is 4.14. The number of rotatable bonds is 4. The Morgan fingerprint density at radius 2 is 2.27 bits per heavy atom. The molecule has 0 radical (unpaired) electrons. The van der Waals surface area contributed by atoms with Gasteiger partial charge < -0.3 is 10.5 Å². The molecule has 0 saturated heterocycles. The number of methoxy groups -OCH3 is 1. The zero-order valence-corrected chi connectivity index (χ0v) is 9.16. The minimum atomic E-state index is -0.125. The van der Waals surface area contributed by atoms with Crippen LogP contribution in [0.2, 0.25) is 0 Å². The van der Waals surface area contributed by atoms with Crippen LogP contribution in [0.25, 0.3) is 0 Å². The third kappa shape index (κ3) is 2.97. The lowest BCUT2D eigenvalue weighted by Crippen LogP contribution is -2.11. The summed E-state index contributed by atoms with van der Waals surface area (Å²) in [5, 5.41) is 8.51. The van der Waals surface area contributed by atoms with Crippen LogP contribution >= 0.6 is 0 Å². The number of aryl methyl sites for hydroxylation is 1. The van der Waals surface area contributed by atoms with Crippen LogP contribution in [-0.2, 0) is 0 Å². The molecule has 0 amide bonds. The minimum Gasteiger partial charge on any atom is -0.496 e. The summed E-state index contributed by atoms with van der Waals surface area (Å²) >= 11 is 0. The Morgan fingerprint density at radius 1 is 1.53 bits per heavy atom. The van der Waals surface area contributed by atoms with Gasteiger partial charge in [-0.3, -0.25) is 0 Å². The molecule has 3 nitrogen and oxygen atoms in total. The van der Waals surface area contributed by atoms with E-state index in [2.05, 4.69) is 6.07 Å². The number of hydrogen-bond acceptors (Lipinski definition) is 3. The molecule has 1 aromatic rings. The molecule has 0 aromatic heterocycles. The molecule has 1 aromatic carbocycles. The maximum atomic E-state index is 8.51. The van der Waals surface area contributed by atoms with Gasteiger partial charge in [0.1, 0.15) is 5.75 Å². The van der Waals surface area contributed by atoms with Gasteiger partial charge in [-0.1, -0.05) is 17.7 Å². The highest BCUT2D eigenvalue weighted by Crippen LogP contribution is 2.27. The average molecular weight is 204 g/mol. The number of nitrogens with two attached hydrogens (primary N) is 1. The summed E-state index contributed by atoms with van der Waals surface area (Å²) in [6.45, 7) is 2.01. The van der Waals surface area contributed by atoms with Crippen molar-refractivity contribution in [2.75, 3.05) is 7.11 Å². The summed E-state index contributed by atoms with van der Waals surface area (Å²) < 4.78 is 5.24. The maximum Gasteiger partial charge on any atom is 0.123 e. The summed E-state index contributed by atoms with van der Waals surface area (Å²) in [5.74, 6) is 0.797. The topological polar surface area (TPSA) is 59.0 Å². The lowest BCUT2D eigenvalue weighted by molar-refractivity contribution is 0.404. The molecule has 0 spiro atoms. The molecule has 15 heavy (non-hydrogen) atoms. The molecule has 0 aliphatic heterocycles. The van der Waals surface area contributed by atoms with Gasteiger partial charge in [0.2, 0.25) is 0 Å². The van der Waals surface area contributed by atoms with E-state index in [0.717, 1.165) is 16.9 Å². The summed E-state index contributed by atoms with van der Waals surface area (Å²) in [4.78, 5) is 0. The molecule has 0 aliphatic carbocycles. The fourth-order valence-electron chi connectivity index (χ4n) is 1.52. The van der Waals surface area contributed by atoms with Crippen LogP contribution in [0.4, 0.5) is 0 Å². The van der Waals surface area contributed by atoms with Crippen molar-refractivity contribution in [2.24, 2.45) is 5.73 Å². The molecule has 3 heteroatoms. The first-order valence-corrected chi connectivity index (χ1v) is 4.96. The predicted molar refractivity (Wildman–Crippen MR) is 59.5 cm³/mol. The molecule has 0 aliphatic rings. The van der Waals surface area contributed by atoms with Crippen LogP contribution in [-0.4, -0.2) is 7.11 Å². The van der Waals surface area contributed by atoms with Gasteiger partial charge in [0.05, 0.1) is 13.2 Å². The van der Waals surface area contributed by atoms with Crippen molar-refractivity contribution in [3.05, 3.63) is 29.3 Å². The van der Waals surface area contributed by atoms with Crippen molar-refractivity contribution in [2.45, 2.75) is 25.8 Å². The molecule has 2 N–H and O–H groups in total. The average Bonchev–Trinajstić information content (AvgIpc) is 2.25. The second-order valence-electron chi connectivity index (χ2n) is 3.55. The maximum absolute atomic E-state index is 8.51. The third-order valence-corrected chi connectivity index (χ3v) is 2.35. The van der Waals surface area contributed by atoms with E-state index in [4.69, 9.17) is 15.7 Å². The first kappa shape index (κ1) is 11.5. The smallest absolute Gasteiger partial charge is 0.123 e. The normalized spacial score (nSPS) is 11.9. The molecule has 0 saturated carbocycles. The van der Waals surface area contributed by atoms with Crippen LogP contribution in [0.15, 0.2) is 18.2 Å². The van der Waals surface area contributed by atoms with Crippen molar-refractivity contribution in [3.8, 4) is 11.8 Å². The SMILES string of the molecule is COc1ccc(C)cc1C(N)CCC#N. The van der Waals surface area contributed by atoms with Gasteiger partial charge in [-0.05, 0) is 19.4 Å². The molecule has 0 fully saturated rings. The highest BCUT2D eigenvalue weighted by molar-refractivity contribution is 5.38. The van der Waals surface area contributed by atoms with Gasteiger partial charge in [-0.25, -0.2) is 0 Å². The molecule has 1 atom stereocenters. The van der Waals surface area contributed by atoms with Crippen LogP contribution in [0.5, 0.6) is 5.75 Å². The monoisotopic (exact) mass is 204 g/mol. The lowest BCUT2D eigenvalue weighted by Gasteiger charge is -2.15. The highest BCUT2D eigenvalue weighted by atomic mass is 16.5. The van der Waals surface area contributed by atoms with E-state index >= 15 is 0 Å². The van der Waals surface area contributed by atoms with E-state index in [1.54, 1.807) is 7.11 Å². The fourth-order valence-corrected chi connectivity index (χ4v) is 1.52. The summed E-state index contributed by atoms with van der Waals surface area (Å²) in [6, 6.07) is 7.89. The lowest BCUT2D eigenvalue weighted by atomic mass is 10.0. The fraction of sp³-hybridized carbons (Fsp3) is 0.417. The van der Waals surface area contributed by atoms with Gasteiger partial charge in [0.25, 0.3) is 0 Å². The van der Waals surface area contributed by atoms with Gasteiger partial charge in [0.15, 0.2) is 0 Å². The van der Waals surface area contributed by atoms with E-state index in [9.17, 15) is 0 Å². The van der Waals surface area contributed by atoms with Crippen LogP contribution in [0, 0.1) is 18.3 Å². The van der Waals surface area contributed by atoms with Gasteiger partial charge in [-0.15, -0.1) is 0 Å². The van der Waals surface area contributed by atoms with Crippen molar-refractivity contribution in [1.29, 1.82) is 5.26 Å². The standard InChI is InChI=1S/C12H16N2O/c1-9-5-6-12(15-2)10(8-9)11(14)4-3-7-13/h5-6,8,11H,3-4,14H2,1-2H3. The van der Waals surface area contributed by atoms with E-state index in [0.29, 0.717) is 12.8 Å². The Bertz CT molecular complexity index is 368. The van der Waals surface area contributed by atoms with Crippen LogP contribution in [0.3, 0.4) is 0 Å². The largest absolute Gasteiger partial charge is 0.496 e. The van der Waals surface area contributed by atoms with Crippen molar-refractivity contribution >= 4 is 0 Å². The number of benzene rings is 1. The predicted octanol–water partition coefficient (Wildman–Crippen LogP) is 2.31. The zero-order chi connectivity index (χ0) is 11.3. The van der Waals surface area contributed by atoms with E-state index in [1.165, 1.54) is 0 Å². The first-order chi connectivity index (χ1) is 7.19. The number of nitriles is 1. The van der Waals surface area contributed by atoms with Crippen LogP contribution < -0.4 is 10.5 Å². The van der Waals surface area contributed by atoms with E-state index in [1.807, 2.05) is 25.1 Å². The number of ether oxygens (including phenoxy) is 1. The summed E-state index contributed by atoms with van der Waals surface area (Å²) in [7, 11) is 1.63. The second kappa shape index (κ2) is 5.38. The quantitative estimate of drug-likeness (QED) is 0.818. The molecule has 1 unspecified atom stereocenters. The second-order valence-corrected chi connectivity index (χ2v) is 3.55. The minimum absolute atomic E-state index is 0.125. The number of nitrogens with zero attached hydrogens (tertiary/aromatic N) is 1. The van der Waals surface area contributed by atoms with E-state index in [-0.39, 0.29) is 6.04 Å². The Labute approximate surface area is 90.5 Å². The Morgan fingerprint density at radius 3 is 2.87 bits per heavy atom. The third-order valence-electron chi connectivity index (χ3n) is 2.35. The Balaban J connectivity index is 2.90. The van der Waals surface area contributed by atoms with E-state index < -0.39 is 0 Å². The highest BCUT2D eigenvalue weighted by Gasteiger charge is 2.11. The summed E-state index contributed by atoms with van der Waals surface area (Å²) in [5.41, 5.74) is 8.13. The molecular formula is C12H16N2O. The molecular weight excluding hydrogens is 188 g/mol. The molecule has 0 heterocycles. The molecule has 1 rings (SSSR count). The molecule has 0 bridgehead atoms. The van der Waals surface area contributed by atoms with Crippen LogP contribution in [0.1, 0.15) is 30.0 Å². The first-order valence-electron chi connectivity index (χ1n) is 4.96. The van der Waals surface area contributed by atoms with Crippen molar-refractivity contribution in [1.82, 2.24) is 0 Å². The molecule has 80 valence electrons. The Hall–Kier alpha value is -1.53. The van der Waals surface area contributed by atoms with Gasteiger partial charge >= 0.3 is 0 Å².